The number of carbonyl (C=O) groups excluding carboxylic acids is 1. The molecular formula is C16H13Cl2NO. The highest BCUT2D eigenvalue weighted by atomic mass is 35.5. The molecule has 1 aliphatic rings. The van der Waals surface area contributed by atoms with E-state index in [1.54, 1.807) is 18.2 Å². The third kappa shape index (κ3) is 2.54. The van der Waals surface area contributed by atoms with Crippen LogP contribution in [0.25, 0.3) is 0 Å². The van der Waals surface area contributed by atoms with Crippen molar-refractivity contribution in [3.8, 4) is 0 Å². The highest BCUT2D eigenvalue weighted by Crippen LogP contribution is 2.31. The van der Waals surface area contributed by atoms with Crippen molar-refractivity contribution in [2.45, 2.75) is 12.8 Å². The molecular weight excluding hydrogens is 293 g/mol. The maximum atomic E-state index is 12.3. The number of halogens is 2. The van der Waals surface area contributed by atoms with Gasteiger partial charge in [-0.25, -0.2) is 0 Å². The third-order valence-electron chi connectivity index (χ3n) is 3.63. The molecule has 102 valence electrons. The Balaban J connectivity index is 1.74. The molecule has 0 saturated heterocycles. The number of hydrogen-bond donors (Lipinski definition) is 1. The second-order valence-corrected chi connectivity index (χ2v) is 5.75. The minimum absolute atomic E-state index is 0.00892. The van der Waals surface area contributed by atoms with Gasteiger partial charge in [0.25, 0.3) is 0 Å². The molecule has 2 aromatic rings. The molecule has 0 fully saturated rings. The van der Waals surface area contributed by atoms with Crippen LogP contribution < -0.4 is 5.32 Å². The molecule has 1 aliphatic carbocycles. The molecule has 20 heavy (non-hydrogen) atoms. The number of nitrogens with one attached hydrogen (secondary N) is 1. The van der Waals surface area contributed by atoms with Crippen molar-refractivity contribution in [2.75, 3.05) is 5.32 Å². The minimum Gasteiger partial charge on any atom is -0.324 e. The highest BCUT2D eigenvalue weighted by molar-refractivity contribution is 6.44. The smallest absolute Gasteiger partial charge is 0.228 e. The average Bonchev–Trinajstić information content (AvgIpc) is 2.88. The van der Waals surface area contributed by atoms with Crippen LogP contribution in [0.5, 0.6) is 0 Å². The Morgan fingerprint density at radius 1 is 1.00 bits per heavy atom. The molecule has 0 aliphatic heterocycles. The molecule has 0 saturated carbocycles. The van der Waals surface area contributed by atoms with Crippen LogP contribution in [0.2, 0.25) is 10.0 Å². The number of fused-ring (bicyclic) bond motifs is 1. The maximum Gasteiger partial charge on any atom is 0.228 e. The summed E-state index contributed by atoms with van der Waals surface area (Å²) in [5, 5.41) is 3.70. The van der Waals surface area contributed by atoms with E-state index in [1.165, 1.54) is 11.1 Å². The SMILES string of the molecule is O=C(Nc1cccc(Cl)c1Cl)C1Cc2ccccc2C1. The molecule has 1 amide bonds. The molecule has 4 heteroatoms. The Kier molecular flexibility index (Phi) is 3.68. The number of benzene rings is 2. The van der Waals surface area contributed by atoms with Crippen molar-refractivity contribution in [3.63, 3.8) is 0 Å². The fourth-order valence-electron chi connectivity index (χ4n) is 2.58. The molecule has 0 heterocycles. The largest absolute Gasteiger partial charge is 0.324 e. The fraction of sp³-hybridized carbons (Fsp3) is 0.188. The predicted octanol–water partition coefficient (Wildman–Crippen LogP) is 4.35. The van der Waals surface area contributed by atoms with Gasteiger partial charge in [0.1, 0.15) is 0 Å². The average molecular weight is 306 g/mol. The molecule has 2 nitrogen and oxygen atoms in total. The quantitative estimate of drug-likeness (QED) is 0.878. The second-order valence-electron chi connectivity index (χ2n) is 4.96. The number of amides is 1. The van der Waals surface area contributed by atoms with E-state index in [0.29, 0.717) is 15.7 Å². The number of rotatable bonds is 2. The lowest BCUT2D eigenvalue weighted by Gasteiger charge is -2.12. The van der Waals surface area contributed by atoms with Crippen LogP contribution in [0.4, 0.5) is 5.69 Å². The van der Waals surface area contributed by atoms with Crippen LogP contribution in [-0.2, 0) is 17.6 Å². The third-order valence-corrected chi connectivity index (χ3v) is 4.45. The van der Waals surface area contributed by atoms with Crippen LogP contribution in [0.15, 0.2) is 42.5 Å². The van der Waals surface area contributed by atoms with Crippen molar-refractivity contribution in [1.82, 2.24) is 0 Å². The Morgan fingerprint density at radius 3 is 2.30 bits per heavy atom. The van der Waals surface area contributed by atoms with Crippen LogP contribution in [0, 0.1) is 5.92 Å². The standard InChI is InChI=1S/C16H13Cl2NO/c17-13-6-3-7-14(15(13)18)19-16(20)12-8-10-4-1-2-5-11(10)9-12/h1-7,12H,8-9H2,(H,19,20). The van der Waals surface area contributed by atoms with E-state index in [4.69, 9.17) is 23.2 Å². The topological polar surface area (TPSA) is 29.1 Å². The van der Waals surface area contributed by atoms with Gasteiger partial charge in [0.05, 0.1) is 15.7 Å². The van der Waals surface area contributed by atoms with Gasteiger partial charge in [-0.05, 0) is 36.1 Å². The monoisotopic (exact) mass is 305 g/mol. The van der Waals surface area contributed by atoms with Gasteiger partial charge in [-0.3, -0.25) is 4.79 Å². The first-order valence-electron chi connectivity index (χ1n) is 6.47. The van der Waals surface area contributed by atoms with Gasteiger partial charge < -0.3 is 5.32 Å². The normalized spacial score (nSPS) is 14.1. The van der Waals surface area contributed by atoms with E-state index in [1.807, 2.05) is 12.1 Å². The van der Waals surface area contributed by atoms with Crippen molar-refractivity contribution < 1.29 is 4.79 Å². The molecule has 3 rings (SSSR count). The lowest BCUT2D eigenvalue weighted by Crippen LogP contribution is -2.23. The molecule has 0 aromatic heterocycles. The fourth-order valence-corrected chi connectivity index (χ4v) is 2.93. The lowest BCUT2D eigenvalue weighted by atomic mass is 10.1. The Hall–Kier alpha value is -1.51. The summed E-state index contributed by atoms with van der Waals surface area (Å²) in [7, 11) is 0. The van der Waals surface area contributed by atoms with Crippen molar-refractivity contribution in [2.24, 2.45) is 5.92 Å². The van der Waals surface area contributed by atoms with Gasteiger partial charge in [-0.2, -0.15) is 0 Å². The maximum absolute atomic E-state index is 12.3. The van der Waals surface area contributed by atoms with Gasteiger partial charge in [-0.1, -0.05) is 53.5 Å². The molecule has 0 unspecified atom stereocenters. The van der Waals surface area contributed by atoms with E-state index in [0.717, 1.165) is 12.8 Å². The Morgan fingerprint density at radius 2 is 1.65 bits per heavy atom. The summed E-state index contributed by atoms with van der Waals surface area (Å²) in [5.74, 6) is -0.0483. The van der Waals surface area contributed by atoms with Gasteiger partial charge in [0, 0.05) is 5.92 Å². The molecule has 0 spiro atoms. The first-order valence-corrected chi connectivity index (χ1v) is 7.22. The summed E-state index contributed by atoms with van der Waals surface area (Å²) in [5.41, 5.74) is 3.08. The number of anilines is 1. The molecule has 0 bridgehead atoms. The molecule has 0 radical (unpaired) electrons. The summed E-state index contributed by atoms with van der Waals surface area (Å²) < 4.78 is 0. The van der Waals surface area contributed by atoms with Crippen molar-refractivity contribution in [3.05, 3.63) is 63.6 Å². The zero-order valence-corrected chi connectivity index (χ0v) is 12.2. The Bertz CT molecular complexity index is 644. The summed E-state index contributed by atoms with van der Waals surface area (Å²) in [6.45, 7) is 0. The van der Waals surface area contributed by atoms with Gasteiger partial charge >= 0.3 is 0 Å². The highest BCUT2D eigenvalue weighted by Gasteiger charge is 2.27. The molecule has 0 atom stereocenters. The summed E-state index contributed by atoms with van der Waals surface area (Å²) >= 11 is 12.0. The minimum atomic E-state index is -0.0394. The van der Waals surface area contributed by atoms with Crippen molar-refractivity contribution in [1.29, 1.82) is 0 Å². The molecule has 2 aromatic carbocycles. The molecule has 1 N–H and O–H groups in total. The zero-order chi connectivity index (χ0) is 14.1. The van der Waals surface area contributed by atoms with Crippen LogP contribution in [-0.4, -0.2) is 5.91 Å². The summed E-state index contributed by atoms with van der Waals surface area (Å²) in [4.78, 5) is 12.3. The summed E-state index contributed by atoms with van der Waals surface area (Å²) in [6.07, 6.45) is 1.56. The summed E-state index contributed by atoms with van der Waals surface area (Å²) in [6, 6.07) is 13.4. The van der Waals surface area contributed by atoms with Crippen LogP contribution in [0.3, 0.4) is 0 Å². The van der Waals surface area contributed by atoms with E-state index >= 15 is 0 Å². The van der Waals surface area contributed by atoms with E-state index < -0.39 is 0 Å². The van der Waals surface area contributed by atoms with Crippen molar-refractivity contribution >= 4 is 34.8 Å². The van der Waals surface area contributed by atoms with Gasteiger partial charge in [0.15, 0.2) is 0 Å². The second kappa shape index (κ2) is 5.47. The number of hydrogen-bond acceptors (Lipinski definition) is 1. The lowest BCUT2D eigenvalue weighted by molar-refractivity contribution is -0.119. The van der Waals surface area contributed by atoms with Gasteiger partial charge in [-0.15, -0.1) is 0 Å². The van der Waals surface area contributed by atoms with Crippen LogP contribution >= 0.6 is 23.2 Å². The predicted molar refractivity (Wildman–Crippen MR) is 82.4 cm³/mol. The zero-order valence-electron chi connectivity index (χ0n) is 10.7. The first-order chi connectivity index (χ1) is 9.65. The van der Waals surface area contributed by atoms with Gasteiger partial charge in [0.2, 0.25) is 5.91 Å². The van der Waals surface area contributed by atoms with E-state index in [2.05, 4.69) is 17.4 Å². The Labute approximate surface area is 127 Å². The number of carbonyl (C=O) groups is 1. The van der Waals surface area contributed by atoms with E-state index in [-0.39, 0.29) is 11.8 Å². The first kappa shape index (κ1) is 13.5. The van der Waals surface area contributed by atoms with Crippen LogP contribution in [0.1, 0.15) is 11.1 Å². The van der Waals surface area contributed by atoms with E-state index in [9.17, 15) is 4.79 Å².